The summed E-state index contributed by atoms with van der Waals surface area (Å²) >= 11 is 2.03. The van der Waals surface area contributed by atoms with Gasteiger partial charge in [-0.3, -0.25) is 14.9 Å². The standard InChI is InChI=1S/C12H15IN2O4/c1-3-14(8(2)6-12(16)17)11-5-4-9(15(18)19)7-10(11)13/h4-5,7-8H,3,6H2,1-2H3,(H,16,17). The minimum Gasteiger partial charge on any atom is -0.481 e. The number of carboxylic acids is 1. The molecule has 1 N–H and O–H groups in total. The van der Waals surface area contributed by atoms with E-state index in [2.05, 4.69) is 0 Å². The van der Waals surface area contributed by atoms with Crippen LogP contribution in [0.1, 0.15) is 20.3 Å². The Kier molecular flexibility index (Phi) is 5.52. The number of nitro benzene ring substituents is 1. The molecule has 0 radical (unpaired) electrons. The predicted octanol–water partition coefficient (Wildman–Crippen LogP) is 2.89. The maximum atomic E-state index is 10.8. The van der Waals surface area contributed by atoms with Crippen LogP contribution in [0.25, 0.3) is 0 Å². The zero-order chi connectivity index (χ0) is 14.6. The summed E-state index contributed by atoms with van der Waals surface area (Å²) < 4.78 is 0.742. The van der Waals surface area contributed by atoms with E-state index < -0.39 is 10.9 Å². The topological polar surface area (TPSA) is 83.7 Å². The fourth-order valence-corrected chi connectivity index (χ4v) is 2.73. The fraction of sp³-hybridized carbons (Fsp3) is 0.417. The van der Waals surface area contributed by atoms with Gasteiger partial charge in [0.1, 0.15) is 0 Å². The third-order valence-corrected chi connectivity index (χ3v) is 3.66. The molecule has 0 saturated carbocycles. The van der Waals surface area contributed by atoms with Crippen molar-refractivity contribution in [2.24, 2.45) is 0 Å². The van der Waals surface area contributed by atoms with E-state index in [0.29, 0.717) is 6.54 Å². The van der Waals surface area contributed by atoms with Crippen molar-refractivity contribution in [3.8, 4) is 0 Å². The first-order valence-corrected chi connectivity index (χ1v) is 6.87. The molecule has 1 aromatic carbocycles. The van der Waals surface area contributed by atoms with Crippen LogP contribution in [-0.2, 0) is 4.79 Å². The van der Waals surface area contributed by atoms with Crippen LogP contribution >= 0.6 is 22.6 Å². The predicted molar refractivity (Wildman–Crippen MR) is 80.5 cm³/mol. The smallest absolute Gasteiger partial charge is 0.305 e. The lowest BCUT2D eigenvalue weighted by molar-refractivity contribution is -0.384. The Bertz CT molecular complexity index is 493. The molecule has 1 aromatic rings. The Balaban J connectivity index is 3.05. The van der Waals surface area contributed by atoms with E-state index in [0.717, 1.165) is 9.26 Å². The minimum absolute atomic E-state index is 0.0287. The van der Waals surface area contributed by atoms with Crippen LogP contribution in [0.15, 0.2) is 18.2 Å². The van der Waals surface area contributed by atoms with Crippen LogP contribution in [-0.4, -0.2) is 28.6 Å². The summed E-state index contributed by atoms with van der Waals surface area (Å²) in [7, 11) is 0. The van der Waals surface area contributed by atoms with Gasteiger partial charge < -0.3 is 10.0 Å². The summed E-state index contributed by atoms with van der Waals surface area (Å²) in [6.45, 7) is 4.40. The molecule has 1 atom stereocenters. The number of benzene rings is 1. The van der Waals surface area contributed by atoms with Crippen LogP contribution in [0, 0.1) is 13.7 Å². The van der Waals surface area contributed by atoms with Gasteiger partial charge in [0.05, 0.1) is 17.0 Å². The maximum absolute atomic E-state index is 10.8. The number of anilines is 1. The highest BCUT2D eigenvalue weighted by Crippen LogP contribution is 2.28. The molecule has 0 aliphatic carbocycles. The summed E-state index contributed by atoms with van der Waals surface area (Å²) in [5, 5.41) is 19.5. The normalized spacial score (nSPS) is 11.9. The van der Waals surface area contributed by atoms with E-state index in [-0.39, 0.29) is 18.2 Å². The van der Waals surface area contributed by atoms with E-state index in [9.17, 15) is 14.9 Å². The molecule has 19 heavy (non-hydrogen) atoms. The molecule has 6 nitrogen and oxygen atoms in total. The number of rotatable bonds is 6. The van der Waals surface area contributed by atoms with Crippen LogP contribution in [0.4, 0.5) is 11.4 Å². The second-order valence-corrected chi connectivity index (χ2v) is 5.29. The second-order valence-electron chi connectivity index (χ2n) is 4.13. The van der Waals surface area contributed by atoms with Crippen molar-refractivity contribution in [2.75, 3.05) is 11.4 Å². The lowest BCUT2D eigenvalue weighted by Crippen LogP contribution is -2.35. The van der Waals surface area contributed by atoms with E-state index in [4.69, 9.17) is 5.11 Å². The first kappa shape index (κ1) is 15.7. The SMILES string of the molecule is CCN(c1ccc([N+](=O)[O-])cc1I)C(C)CC(=O)O. The van der Waals surface area contributed by atoms with Gasteiger partial charge in [-0.05, 0) is 42.5 Å². The van der Waals surface area contributed by atoms with Crippen LogP contribution in [0.2, 0.25) is 0 Å². The minimum atomic E-state index is -0.858. The van der Waals surface area contributed by atoms with Crippen molar-refractivity contribution in [2.45, 2.75) is 26.3 Å². The number of nitro groups is 1. The Morgan fingerprint density at radius 1 is 1.58 bits per heavy atom. The molecule has 0 aromatic heterocycles. The van der Waals surface area contributed by atoms with Gasteiger partial charge in [0.2, 0.25) is 0 Å². The first-order valence-electron chi connectivity index (χ1n) is 5.79. The number of non-ortho nitro benzene ring substituents is 1. The quantitative estimate of drug-likeness (QED) is 0.468. The maximum Gasteiger partial charge on any atom is 0.305 e. The third-order valence-electron chi connectivity index (χ3n) is 2.79. The molecule has 1 rings (SSSR count). The molecule has 7 heteroatoms. The van der Waals surface area contributed by atoms with Crippen molar-refractivity contribution in [3.63, 3.8) is 0 Å². The summed E-state index contributed by atoms with van der Waals surface area (Å²) in [6, 6.07) is 4.43. The Morgan fingerprint density at radius 2 is 2.21 bits per heavy atom. The van der Waals surface area contributed by atoms with E-state index >= 15 is 0 Å². The van der Waals surface area contributed by atoms with Crippen LogP contribution in [0.3, 0.4) is 0 Å². The van der Waals surface area contributed by atoms with Crippen LogP contribution in [0.5, 0.6) is 0 Å². The Hall–Kier alpha value is -1.38. The summed E-state index contributed by atoms with van der Waals surface area (Å²) in [5.41, 5.74) is 0.859. The third kappa shape index (κ3) is 4.05. The molecule has 104 valence electrons. The first-order chi connectivity index (χ1) is 8.86. The van der Waals surface area contributed by atoms with Gasteiger partial charge in [0.25, 0.3) is 5.69 Å². The van der Waals surface area contributed by atoms with Gasteiger partial charge in [-0.1, -0.05) is 0 Å². The van der Waals surface area contributed by atoms with Gasteiger partial charge in [-0.2, -0.15) is 0 Å². The van der Waals surface area contributed by atoms with Gasteiger partial charge in [-0.25, -0.2) is 0 Å². The summed E-state index contributed by atoms with van der Waals surface area (Å²) in [6.07, 6.45) is 0.0287. The highest BCUT2D eigenvalue weighted by Gasteiger charge is 2.19. The number of hydrogen-bond donors (Lipinski definition) is 1. The largest absolute Gasteiger partial charge is 0.481 e. The zero-order valence-corrected chi connectivity index (χ0v) is 12.8. The second kappa shape index (κ2) is 6.69. The molecule has 0 amide bonds. The average Bonchev–Trinajstić information content (AvgIpc) is 2.30. The number of halogens is 1. The number of carboxylic acid groups (broad SMARTS) is 1. The van der Waals surface area contributed by atoms with Crippen molar-refractivity contribution < 1.29 is 14.8 Å². The number of carbonyl (C=O) groups is 1. The molecule has 0 heterocycles. The number of hydrogen-bond acceptors (Lipinski definition) is 4. The molecule has 0 spiro atoms. The highest BCUT2D eigenvalue weighted by atomic mass is 127. The van der Waals surface area contributed by atoms with E-state index in [1.54, 1.807) is 6.07 Å². The number of aliphatic carboxylic acids is 1. The van der Waals surface area contributed by atoms with Crippen molar-refractivity contribution >= 4 is 39.9 Å². The summed E-state index contributed by atoms with van der Waals surface area (Å²) in [4.78, 5) is 23.0. The molecule has 1 unspecified atom stereocenters. The highest BCUT2D eigenvalue weighted by molar-refractivity contribution is 14.1. The Labute approximate surface area is 124 Å². The molecule has 0 aliphatic rings. The molecule has 0 saturated heterocycles. The Morgan fingerprint density at radius 3 is 2.63 bits per heavy atom. The monoisotopic (exact) mass is 378 g/mol. The average molecular weight is 378 g/mol. The van der Waals surface area contributed by atoms with Gasteiger partial charge >= 0.3 is 5.97 Å². The van der Waals surface area contributed by atoms with Gasteiger partial charge in [0.15, 0.2) is 0 Å². The lowest BCUT2D eigenvalue weighted by Gasteiger charge is -2.30. The summed E-state index contributed by atoms with van der Waals surface area (Å²) in [5.74, 6) is -0.858. The zero-order valence-electron chi connectivity index (χ0n) is 10.7. The van der Waals surface area contributed by atoms with E-state index in [1.165, 1.54) is 12.1 Å². The van der Waals surface area contributed by atoms with Crippen molar-refractivity contribution in [1.29, 1.82) is 0 Å². The molecular formula is C12H15IN2O4. The van der Waals surface area contributed by atoms with Crippen molar-refractivity contribution in [1.82, 2.24) is 0 Å². The van der Waals surface area contributed by atoms with Gasteiger partial charge in [0, 0.05) is 28.3 Å². The lowest BCUT2D eigenvalue weighted by atomic mass is 10.1. The molecule has 0 fully saturated rings. The van der Waals surface area contributed by atoms with E-state index in [1.807, 2.05) is 41.3 Å². The molecule has 0 bridgehead atoms. The molecular weight excluding hydrogens is 363 g/mol. The van der Waals surface area contributed by atoms with Crippen LogP contribution < -0.4 is 4.90 Å². The number of nitrogens with zero attached hydrogens (tertiary/aromatic N) is 2. The van der Waals surface area contributed by atoms with Crippen molar-refractivity contribution in [3.05, 3.63) is 31.9 Å². The van der Waals surface area contributed by atoms with Gasteiger partial charge in [-0.15, -0.1) is 0 Å². The fourth-order valence-electron chi connectivity index (χ4n) is 1.92. The molecule has 0 aliphatic heterocycles.